The maximum absolute atomic E-state index is 15.1. The van der Waals surface area contributed by atoms with Crippen LogP contribution in [0.1, 0.15) is 127 Å². The van der Waals surface area contributed by atoms with E-state index in [9.17, 15) is 28.8 Å². The molecule has 0 spiro atoms. The SMILES string of the molecule is Cc1c(C(=O)NCCN(CCNC(=O)c2ccc(C(=O)N3CCSC3=S)c(C)c2C)CCN(CCNC(=O)c2ccc(C(=O)N3CCSC3=S)c(OCc3ccccc3)c2OCc2ccccc2)CCNC(=O)c2ccc(C(=O)N3CCSC3=S)c(OCc3ccccc3)c2OCc2ccccc2)ccc(C(=O)N2CCSC2=S)c1C. The van der Waals surface area contributed by atoms with Crippen LogP contribution >= 0.6 is 95.9 Å². The topological polar surface area (TPSA) is 241 Å². The van der Waals surface area contributed by atoms with Gasteiger partial charge in [0.1, 0.15) is 43.7 Å². The summed E-state index contributed by atoms with van der Waals surface area (Å²) in [4.78, 5) is 126. The second kappa shape index (κ2) is 41.5. The molecule has 0 aromatic heterocycles. The van der Waals surface area contributed by atoms with Gasteiger partial charge in [0.25, 0.3) is 47.3 Å². The smallest absolute Gasteiger partial charge is 0.263 e. The summed E-state index contributed by atoms with van der Waals surface area (Å²) in [7, 11) is 0. The Morgan fingerprint density at radius 1 is 0.302 bits per heavy atom. The Bertz CT molecular complexity index is 4730. The van der Waals surface area contributed by atoms with Gasteiger partial charge in [0, 0.05) is 137 Å². The number of amides is 8. The minimum Gasteiger partial charge on any atom is -0.484 e. The van der Waals surface area contributed by atoms with Crippen LogP contribution in [0.15, 0.2) is 170 Å². The van der Waals surface area contributed by atoms with E-state index in [1.165, 1.54) is 56.8 Å². The molecule has 8 aromatic carbocycles. The third-order valence-electron chi connectivity index (χ3n) is 20.2. The van der Waals surface area contributed by atoms with Crippen molar-refractivity contribution in [3.8, 4) is 23.0 Å². The average Bonchev–Trinajstić information content (AvgIpc) is 1.33. The molecule has 12 rings (SSSR count). The van der Waals surface area contributed by atoms with Crippen molar-refractivity contribution in [3.63, 3.8) is 0 Å². The average molecular weight is 1710 g/mol. The fourth-order valence-electron chi connectivity index (χ4n) is 13.4. The molecule has 602 valence electrons. The monoisotopic (exact) mass is 1710 g/mol. The zero-order valence-corrected chi connectivity index (χ0v) is 71.1. The van der Waals surface area contributed by atoms with E-state index in [0.717, 1.165) is 22.3 Å². The quantitative estimate of drug-likeness (QED) is 0.0270. The molecule has 8 amide bonds. The van der Waals surface area contributed by atoms with Crippen LogP contribution in [0.4, 0.5) is 0 Å². The Morgan fingerprint density at radius 3 is 0.776 bits per heavy atom. The Labute approximate surface area is 713 Å². The van der Waals surface area contributed by atoms with Crippen molar-refractivity contribution >= 4 is 160 Å². The molecule has 0 aliphatic carbocycles. The zero-order chi connectivity index (χ0) is 81.8. The van der Waals surface area contributed by atoms with Gasteiger partial charge in [0.2, 0.25) is 0 Å². The number of thiocarbonyl (C=S) groups is 4. The first-order valence-corrected chi connectivity index (χ1v) is 43.5. The number of thioether (sulfide) groups is 4. The van der Waals surface area contributed by atoms with Gasteiger partial charge in [-0.1, -0.05) is 217 Å². The largest absolute Gasteiger partial charge is 0.484 e. The van der Waals surface area contributed by atoms with Crippen LogP contribution in [-0.2, 0) is 26.4 Å². The highest BCUT2D eigenvalue weighted by Crippen LogP contribution is 2.41. The predicted octanol–water partition coefficient (Wildman–Crippen LogP) is 12.8. The van der Waals surface area contributed by atoms with E-state index in [2.05, 4.69) is 31.1 Å². The van der Waals surface area contributed by atoms with E-state index in [0.29, 0.717) is 124 Å². The summed E-state index contributed by atoms with van der Waals surface area (Å²) in [6.07, 6.45) is 0. The van der Waals surface area contributed by atoms with Crippen molar-refractivity contribution < 1.29 is 57.3 Å². The lowest BCUT2D eigenvalue weighted by atomic mass is 9.96. The molecule has 4 N–H and O–H groups in total. The van der Waals surface area contributed by atoms with Crippen molar-refractivity contribution in [2.45, 2.75) is 54.1 Å². The van der Waals surface area contributed by atoms with Crippen molar-refractivity contribution in [3.05, 3.63) is 259 Å². The lowest BCUT2D eigenvalue weighted by Crippen LogP contribution is -2.46. The van der Waals surface area contributed by atoms with Crippen LogP contribution in [0.25, 0.3) is 0 Å². The van der Waals surface area contributed by atoms with Gasteiger partial charge in [-0.25, -0.2) is 0 Å². The summed E-state index contributed by atoms with van der Waals surface area (Å²) in [6.45, 7) is 11.2. The van der Waals surface area contributed by atoms with E-state index in [-0.39, 0.29) is 148 Å². The van der Waals surface area contributed by atoms with Gasteiger partial charge in [-0.05, 0) is 121 Å². The van der Waals surface area contributed by atoms with Crippen LogP contribution in [-0.4, -0.2) is 209 Å². The number of carbonyl (C=O) groups is 8. The van der Waals surface area contributed by atoms with E-state index < -0.39 is 23.6 Å². The number of benzene rings is 8. The molecule has 4 aliphatic rings. The van der Waals surface area contributed by atoms with Crippen LogP contribution in [0, 0.1) is 27.7 Å². The molecule has 4 saturated heterocycles. The minimum atomic E-state index is -0.534. The molecule has 30 heteroatoms. The lowest BCUT2D eigenvalue weighted by molar-refractivity contribution is 0.0846. The molecule has 4 aliphatic heterocycles. The summed E-state index contributed by atoms with van der Waals surface area (Å²) in [5.74, 6) is -0.0980. The maximum atomic E-state index is 15.1. The van der Waals surface area contributed by atoms with Gasteiger partial charge < -0.3 is 40.2 Å². The van der Waals surface area contributed by atoms with Gasteiger partial charge in [0.05, 0.1) is 22.3 Å². The van der Waals surface area contributed by atoms with Crippen molar-refractivity contribution in [2.24, 2.45) is 0 Å². The highest BCUT2D eigenvalue weighted by Gasteiger charge is 2.35. The number of rotatable bonds is 35. The third-order valence-corrected chi connectivity index (χ3v) is 25.9. The molecule has 0 saturated carbocycles. The molecule has 0 bridgehead atoms. The number of carbonyl (C=O) groups excluding carboxylic acids is 8. The highest BCUT2D eigenvalue weighted by atomic mass is 32.2. The van der Waals surface area contributed by atoms with Crippen LogP contribution in [0.2, 0.25) is 0 Å². The molecule has 4 fully saturated rings. The Hall–Kier alpha value is -9.60. The summed E-state index contributed by atoms with van der Waals surface area (Å²) in [6, 6.07) is 50.6. The number of hydrogen-bond donors (Lipinski definition) is 4. The van der Waals surface area contributed by atoms with Crippen LogP contribution < -0.4 is 40.2 Å². The first-order valence-electron chi connectivity index (χ1n) is 38.0. The highest BCUT2D eigenvalue weighted by molar-refractivity contribution is 8.24. The first-order chi connectivity index (χ1) is 56.2. The minimum absolute atomic E-state index is 0.0187. The molecule has 116 heavy (non-hydrogen) atoms. The molecule has 22 nitrogen and oxygen atoms in total. The van der Waals surface area contributed by atoms with Crippen molar-refractivity contribution in [1.29, 1.82) is 0 Å². The predicted molar refractivity (Wildman–Crippen MR) is 474 cm³/mol. The maximum Gasteiger partial charge on any atom is 0.263 e. The molecule has 0 radical (unpaired) electrons. The zero-order valence-electron chi connectivity index (χ0n) is 64.6. The van der Waals surface area contributed by atoms with E-state index in [4.69, 9.17) is 67.8 Å². The van der Waals surface area contributed by atoms with Crippen LogP contribution in [0.3, 0.4) is 0 Å². The van der Waals surface area contributed by atoms with E-state index in [1.807, 2.05) is 149 Å². The number of nitrogens with zero attached hydrogens (tertiary/aromatic N) is 6. The van der Waals surface area contributed by atoms with Crippen molar-refractivity contribution in [2.75, 3.05) is 115 Å². The summed E-state index contributed by atoms with van der Waals surface area (Å²) in [5, 5.41) is 12.5. The van der Waals surface area contributed by atoms with Gasteiger partial charge in [-0.2, -0.15) is 0 Å². The first kappa shape index (κ1) is 85.8. The summed E-state index contributed by atoms with van der Waals surface area (Å²) >= 11 is 28.0. The van der Waals surface area contributed by atoms with Gasteiger partial charge in [-0.3, -0.25) is 67.8 Å². The molecule has 4 heterocycles. The fourth-order valence-corrected chi connectivity index (χ4v) is 18.3. The van der Waals surface area contributed by atoms with E-state index >= 15 is 9.59 Å². The summed E-state index contributed by atoms with van der Waals surface area (Å²) < 4.78 is 28.3. The fraction of sp³-hybridized carbons (Fsp3) is 0.302. The van der Waals surface area contributed by atoms with Gasteiger partial charge >= 0.3 is 0 Å². The lowest BCUT2D eigenvalue weighted by Gasteiger charge is -2.28. The third kappa shape index (κ3) is 21.6. The normalized spacial score (nSPS) is 14.0. The number of hydrogen-bond acceptors (Lipinski definition) is 22. The standard InChI is InChI=1S/C86H88N10O12S8/c1-55-57(3)65(79(101)93-43-47-113-83(93)109)27-25-63(55)75(97)87-33-37-91(38-34-88-76(98)64-26-28-66(58(4)56(64)2)80(102)94-44-48-114-84(94)110)41-42-92(39-35-89-77(99)67-29-31-69(81(103)95-45-49-115-85(95)111)73(107-53-61-21-13-7-14-22-61)71(67)105-51-59-17-9-5-10-18-59)40-36-90-78(100)68-30-32-70(82(104)96-46-50-116-86(96)112)74(108-54-62-23-15-8-16-24-62)72(68)106-52-60-19-11-6-12-20-60/h5-32H,33-54H2,1-4H3,(H,87,97)(H,88,98)(H,89,99)(H,90,100). The van der Waals surface area contributed by atoms with Gasteiger partial charge in [-0.15, -0.1) is 0 Å². The Morgan fingerprint density at radius 2 is 0.517 bits per heavy atom. The number of ether oxygens (including phenoxy) is 4. The molecule has 0 unspecified atom stereocenters. The second-order valence-corrected chi connectivity index (χ2v) is 34.5. The van der Waals surface area contributed by atoms with E-state index in [1.54, 1.807) is 58.3 Å². The summed E-state index contributed by atoms with van der Waals surface area (Å²) in [5.41, 5.74) is 8.06. The Balaban J connectivity index is 0.838. The van der Waals surface area contributed by atoms with Gasteiger partial charge in [0.15, 0.2) is 23.0 Å². The van der Waals surface area contributed by atoms with Crippen LogP contribution in [0.5, 0.6) is 23.0 Å². The Kier molecular flexibility index (Phi) is 30.7. The molecular formula is C86H88N10O12S8. The van der Waals surface area contributed by atoms with Crippen molar-refractivity contribution in [1.82, 2.24) is 50.7 Å². The molecule has 0 atom stereocenters. The molecule has 8 aromatic rings. The molecular weight excluding hydrogens is 1620 g/mol. The second-order valence-electron chi connectivity index (χ2n) is 27.5. The number of nitrogens with one attached hydrogen (secondary N) is 4.